The molecule has 0 spiro atoms. The summed E-state index contributed by atoms with van der Waals surface area (Å²) in [7, 11) is 0. The third-order valence-corrected chi connectivity index (χ3v) is 3.90. The van der Waals surface area contributed by atoms with Crippen LogP contribution in [-0.2, 0) is 9.53 Å². The predicted octanol–water partition coefficient (Wildman–Crippen LogP) is 5.18. The molecule has 1 atom stereocenters. The second kappa shape index (κ2) is 16.1. The van der Waals surface area contributed by atoms with Gasteiger partial charge in [0.2, 0.25) is 6.29 Å². The minimum Gasteiger partial charge on any atom is -0.435 e. The number of ether oxygens (including phenoxy) is 1. The Bertz CT molecular complexity index is 234. The van der Waals surface area contributed by atoms with Crippen molar-refractivity contribution in [3.63, 3.8) is 0 Å². The Hall–Kier alpha value is -0.280. The van der Waals surface area contributed by atoms with Crippen LogP contribution in [0.3, 0.4) is 0 Å². The van der Waals surface area contributed by atoms with Crippen molar-refractivity contribution >= 4 is 17.6 Å². The number of carbonyl (C=O) groups excluding carboxylic acids is 1. The lowest BCUT2D eigenvalue weighted by Crippen LogP contribution is -2.18. The zero-order valence-corrected chi connectivity index (χ0v) is 14.4. The third kappa shape index (κ3) is 15.9. The zero-order valence-electron chi connectivity index (χ0n) is 13.6. The average Bonchev–Trinajstić information content (AvgIpc) is 2.48. The first-order chi connectivity index (χ1) is 10.2. The molecule has 0 aliphatic heterocycles. The molecular weight excluding hydrogens is 288 g/mol. The largest absolute Gasteiger partial charge is 0.435 e. The summed E-state index contributed by atoms with van der Waals surface area (Å²) >= 11 is 5.29. The van der Waals surface area contributed by atoms with Gasteiger partial charge < -0.3 is 9.84 Å². The van der Waals surface area contributed by atoms with E-state index in [0.717, 1.165) is 12.8 Å². The molecule has 1 unspecified atom stereocenters. The van der Waals surface area contributed by atoms with E-state index < -0.39 is 12.3 Å². The van der Waals surface area contributed by atoms with Gasteiger partial charge in [0, 0.05) is 6.42 Å². The van der Waals surface area contributed by atoms with E-state index in [1.165, 1.54) is 64.2 Å². The van der Waals surface area contributed by atoms with Crippen LogP contribution >= 0.6 is 11.6 Å². The lowest BCUT2D eigenvalue weighted by atomic mass is 10.0. The second-order valence-electron chi connectivity index (χ2n) is 5.76. The Kier molecular flexibility index (Phi) is 15.9. The van der Waals surface area contributed by atoms with Crippen LogP contribution in [0.1, 0.15) is 90.4 Å². The zero-order chi connectivity index (χ0) is 15.8. The van der Waals surface area contributed by atoms with Crippen LogP contribution in [0.4, 0.5) is 0 Å². The summed E-state index contributed by atoms with van der Waals surface area (Å²) in [6.45, 7) is 2.25. The fourth-order valence-electron chi connectivity index (χ4n) is 2.40. The number of carbonyl (C=O) groups is 1. The number of halogens is 1. The maximum Gasteiger partial charge on any atom is 0.323 e. The lowest BCUT2D eigenvalue weighted by Gasteiger charge is -2.10. The minimum atomic E-state index is -0.987. The Balaban J connectivity index is 3.13. The first-order valence-corrected chi connectivity index (χ1v) is 9.17. The molecule has 0 aromatic rings. The van der Waals surface area contributed by atoms with Crippen LogP contribution in [-0.4, -0.2) is 23.2 Å². The van der Waals surface area contributed by atoms with Crippen molar-refractivity contribution in [2.24, 2.45) is 0 Å². The van der Waals surface area contributed by atoms with Crippen molar-refractivity contribution in [2.75, 3.05) is 5.88 Å². The summed E-state index contributed by atoms with van der Waals surface area (Å²) in [6, 6.07) is 0. The molecule has 0 bridgehead atoms. The highest BCUT2D eigenvalue weighted by molar-refractivity contribution is 6.26. The Morgan fingerprint density at radius 3 is 1.76 bits per heavy atom. The summed E-state index contributed by atoms with van der Waals surface area (Å²) < 4.78 is 4.68. The molecule has 0 rings (SSSR count). The molecule has 4 heteroatoms. The van der Waals surface area contributed by atoms with Crippen molar-refractivity contribution < 1.29 is 14.6 Å². The number of aliphatic hydroxyl groups excluding tert-OH is 1. The molecule has 0 amide bonds. The maximum atomic E-state index is 10.8. The molecule has 0 aromatic carbocycles. The normalized spacial score (nSPS) is 12.3. The van der Waals surface area contributed by atoms with Gasteiger partial charge in [0.15, 0.2) is 0 Å². The maximum absolute atomic E-state index is 10.8. The average molecular weight is 321 g/mol. The Labute approximate surface area is 135 Å². The number of rotatable bonds is 15. The minimum absolute atomic E-state index is 0.199. The van der Waals surface area contributed by atoms with E-state index in [0.29, 0.717) is 6.42 Å². The number of unbranched alkanes of at least 4 members (excludes halogenated alkanes) is 11. The van der Waals surface area contributed by atoms with E-state index in [1.807, 2.05) is 0 Å². The summed E-state index contributed by atoms with van der Waals surface area (Å²) in [5.74, 6) is -0.752. The first-order valence-electron chi connectivity index (χ1n) is 8.64. The molecule has 0 radical (unpaired) electrons. The molecular formula is C17H33ClO3. The summed E-state index contributed by atoms with van der Waals surface area (Å²) in [5, 5.41) is 9.41. The van der Waals surface area contributed by atoms with Crippen molar-refractivity contribution in [1.82, 2.24) is 0 Å². The van der Waals surface area contributed by atoms with Gasteiger partial charge in [-0.1, -0.05) is 77.6 Å². The van der Waals surface area contributed by atoms with E-state index in [4.69, 9.17) is 11.6 Å². The highest BCUT2D eigenvalue weighted by Gasteiger charge is 2.08. The quantitative estimate of drug-likeness (QED) is 0.196. The van der Waals surface area contributed by atoms with Gasteiger partial charge >= 0.3 is 5.97 Å². The van der Waals surface area contributed by atoms with Gasteiger partial charge in [0.05, 0.1) is 0 Å². The Morgan fingerprint density at radius 2 is 1.33 bits per heavy atom. The fraction of sp³-hybridized carbons (Fsp3) is 0.941. The molecule has 0 saturated carbocycles. The lowest BCUT2D eigenvalue weighted by molar-refractivity contribution is -0.165. The number of hydrogen-bond donors (Lipinski definition) is 1. The second-order valence-corrected chi connectivity index (χ2v) is 6.02. The topological polar surface area (TPSA) is 46.5 Å². The van der Waals surface area contributed by atoms with Crippen LogP contribution < -0.4 is 0 Å². The van der Waals surface area contributed by atoms with E-state index in [-0.39, 0.29) is 5.88 Å². The number of esters is 1. The molecule has 0 aliphatic rings. The van der Waals surface area contributed by atoms with Gasteiger partial charge in [0.25, 0.3) is 0 Å². The van der Waals surface area contributed by atoms with E-state index in [1.54, 1.807) is 0 Å². The Morgan fingerprint density at radius 1 is 0.905 bits per heavy atom. The monoisotopic (exact) mass is 320 g/mol. The van der Waals surface area contributed by atoms with Gasteiger partial charge in [-0.15, -0.1) is 11.6 Å². The third-order valence-electron chi connectivity index (χ3n) is 3.68. The van der Waals surface area contributed by atoms with Crippen molar-refractivity contribution in [3.8, 4) is 0 Å². The molecule has 0 saturated heterocycles. The van der Waals surface area contributed by atoms with Crippen LogP contribution in [0, 0.1) is 0 Å². The SMILES string of the molecule is CCCCCCCCCCCCCCC(O)OC(=O)CCl. The van der Waals surface area contributed by atoms with Crippen LogP contribution in [0.5, 0.6) is 0 Å². The highest BCUT2D eigenvalue weighted by Crippen LogP contribution is 2.13. The van der Waals surface area contributed by atoms with Crippen molar-refractivity contribution in [2.45, 2.75) is 96.7 Å². The number of alkyl halides is 1. The molecule has 0 aromatic heterocycles. The number of hydrogen-bond acceptors (Lipinski definition) is 3. The molecule has 126 valence electrons. The molecule has 3 nitrogen and oxygen atoms in total. The predicted molar refractivity (Wildman–Crippen MR) is 88.5 cm³/mol. The van der Waals surface area contributed by atoms with E-state index in [9.17, 15) is 9.90 Å². The van der Waals surface area contributed by atoms with Gasteiger partial charge in [-0.3, -0.25) is 4.79 Å². The van der Waals surface area contributed by atoms with E-state index >= 15 is 0 Å². The molecule has 1 N–H and O–H groups in total. The summed E-state index contributed by atoms with van der Waals surface area (Å²) in [5.41, 5.74) is 0. The smallest absolute Gasteiger partial charge is 0.323 e. The van der Waals surface area contributed by atoms with Crippen LogP contribution in [0.2, 0.25) is 0 Å². The van der Waals surface area contributed by atoms with Gasteiger partial charge in [0.1, 0.15) is 5.88 Å². The molecule has 21 heavy (non-hydrogen) atoms. The standard InChI is InChI=1S/C17H33ClO3/c1-2-3-4-5-6-7-8-9-10-11-12-13-14-16(19)21-17(20)15-18/h16,19H,2-15H2,1H3. The fourth-order valence-corrected chi connectivity index (χ4v) is 2.47. The van der Waals surface area contributed by atoms with Gasteiger partial charge in [-0.2, -0.15) is 0 Å². The molecule has 0 heterocycles. The highest BCUT2D eigenvalue weighted by atomic mass is 35.5. The van der Waals surface area contributed by atoms with Crippen molar-refractivity contribution in [3.05, 3.63) is 0 Å². The van der Waals surface area contributed by atoms with Gasteiger partial charge in [-0.05, 0) is 6.42 Å². The van der Waals surface area contributed by atoms with E-state index in [2.05, 4.69) is 11.7 Å². The number of aliphatic hydroxyl groups is 1. The van der Waals surface area contributed by atoms with Gasteiger partial charge in [-0.25, -0.2) is 0 Å². The van der Waals surface area contributed by atoms with Crippen LogP contribution in [0.25, 0.3) is 0 Å². The van der Waals surface area contributed by atoms with Crippen LogP contribution in [0.15, 0.2) is 0 Å². The summed E-state index contributed by atoms with van der Waals surface area (Å²) in [4.78, 5) is 10.8. The first kappa shape index (κ1) is 20.7. The summed E-state index contributed by atoms with van der Waals surface area (Å²) in [6.07, 6.45) is 14.9. The van der Waals surface area contributed by atoms with Crippen molar-refractivity contribution in [1.29, 1.82) is 0 Å². The molecule has 0 fully saturated rings. The molecule has 0 aliphatic carbocycles.